The van der Waals surface area contributed by atoms with E-state index in [9.17, 15) is 0 Å². The van der Waals surface area contributed by atoms with Crippen LogP contribution in [0.15, 0.2) is 12.8 Å². The van der Waals surface area contributed by atoms with Gasteiger partial charge in [-0.2, -0.15) is 5.10 Å². The van der Waals surface area contributed by atoms with Crippen molar-refractivity contribution in [2.45, 2.75) is 45.4 Å². The molecule has 1 rings (SSSR count). The van der Waals surface area contributed by atoms with E-state index in [1.165, 1.54) is 37.7 Å². The topological polar surface area (TPSA) is 28.7 Å². The van der Waals surface area contributed by atoms with Crippen molar-refractivity contribution in [1.82, 2.24) is 10.2 Å². The summed E-state index contributed by atoms with van der Waals surface area (Å²) in [6.07, 6.45) is 11.5. The SMILES string of the molecule is C=Cc1[nH]ncc1CCCCCCC. The first kappa shape index (κ1) is 11.0. The molecule has 0 unspecified atom stereocenters. The Morgan fingerprint density at radius 1 is 1.36 bits per heavy atom. The Morgan fingerprint density at radius 3 is 2.86 bits per heavy atom. The zero-order chi connectivity index (χ0) is 10.2. The first-order chi connectivity index (χ1) is 6.88. The van der Waals surface area contributed by atoms with E-state index >= 15 is 0 Å². The average molecular weight is 192 g/mol. The molecule has 0 fully saturated rings. The molecule has 78 valence electrons. The van der Waals surface area contributed by atoms with Gasteiger partial charge < -0.3 is 0 Å². The Balaban J connectivity index is 2.21. The smallest absolute Gasteiger partial charge is 0.0603 e. The Bertz CT molecular complexity index is 263. The van der Waals surface area contributed by atoms with Gasteiger partial charge >= 0.3 is 0 Å². The Labute approximate surface area is 86.4 Å². The van der Waals surface area contributed by atoms with Crippen LogP contribution in [-0.4, -0.2) is 10.2 Å². The van der Waals surface area contributed by atoms with Gasteiger partial charge in [0.1, 0.15) is 0 Å². The average Bonchev–Trinajstić information content (AvgIpc) is 2.65. The fourth-order valence-corrected chi connectivity index (χ4v) is 1.62. The number of nitrogens with zero attached hydrogens (tertiary/aromatic N) is 1. The molecule has 0 aromatic carbocycles. The summed E-state index contributed by atoms with van der Waals surface area (Å²) in [5.74, 6) is 0. The van der Waals surface area contributed by atoms with Gasteiger partial charge in [0.05, 0.1) is 11.9 Å². The number of hydrogen-bond acceptors (Lipinski definition) is 1. The monoisotopic (exact) mass is 192 g/mol. The Morgan fingerprint density at radius 2 is 2.14 bits per heavy atom. The van der Waals surface area contributed by atoms with Crippen molar-refractivity contribution in [2.75, 3.05) is 0 Å². The van der Waals surface area contributed by atoms with E-state index in [2.05, 4.69) is 23.7 Å². The maximum atomic E-state index is 4.01. The van der Waals surface area contributed by atoms with E-state index < -0.39 is 0 Å². The lowest BCUT2D eigenvalue weighted by atomic mass is 10.1. The molecule has 2 heteroatoms. The van der Waals surface area contributed by atoms with Crippen molar-refractivity contribution in [2.24, 2.45) is 0 Å². The van der Waals surface area contributed by atoms with E-state index in [0.29, 0.717) is 0 Å². The van der Waals surface area contributed by atoms with Gasteiger partial charge in [-0.25, -0.2) is 0 Å². The Kier molecular flexibility index (Phi) is 5.05. The molecule has 2 nitrogen and oxygen atoms in total. The van der Waals surface area contributed by atoms with Crippen molar-refractivity contribution in [3.63, 3.8) is 0 Å². The number of hydrogen-bond donors (Lipinski definition) is 1. The number of aryl methyl sites for hydroxylation is 1. The minimum atomic E-state index is 1.08. The molecule has 0 saturated carbocycles. The van der Waals surface area contributed by atoms with Crippen molar-refractivity contribution in [1.29, 1.82) is 0 Å². The second-order valence-electron chi connectivity index (χ2n) is 3.68. The molecule has 1 N–H and O–H groups in total. The summed E-state index contributed by atoms with van der Waals surface area (Å²) in [4.78, 5) is 0. The van der Waals surface area contributed by atoms with Crippen LogP contribution in [0, 0.1) is 0 Å². The predicted octanol–water partition coefficient (Wildman–Crippen LogP) is 3.57. The second kappa shape index (κ2) is 6.41. The van der Waals surface area contributed by atoms with Crippen LogP contribution < -0.4 is 0 Å². The highest BCUT2D eigenvalue weighted by Crippen LogP contribution is 2.11. The predicted molar refractivity (Wildman–Crippen MR) is 61.1 cm³/mol. The molecule has 1 heterocycles. The Hall–Kier alpha value is -1.05. The summed E-state index contributed by atoms with van der Waals surface area (Å²) in [7, 11) is 0. The third-order valence-electron chi connectivity index (χ3n) is 2.51. The van der Waals surface area contributed by atoms with Crippen LogP contribution in [0.4, 0.5) is 0 Å². The van der Waals surface area contributed by atoms with Gasteiger partial charge in [0, 0.05) is 0 Å². The van der Waals surface area contributed by atoms with Crippen molar-refractivity contribution in [3.05, 3.63) is 24.0 Å². The van der Waals surface area contributed by atoms with Gasteiger partial charge in [-0.05, 0) is 24.5 Å². The van der Waals surface area contributed by atoms with E-state index in [1.807, 2.05) is 12.3 Å². The fourth-order valence-electron chi connectivity index (χ4n) is 1.62. The first-order valence-corrected chi connectivity index (χ1v) is 5.53. The van der Waals surface area contributed by atoms with Crippen LogP contribution in [0.3, 0.4) is 0 Å². The van der Waals surface area contributed by atoms with Crippen LogP contribution in [0.25, 0.3) is 6.08 Å². The van der Waals surface area contributed by atoms with E-state index in [1.54, 1.807) is 0 Å². The summed E-state index contributed by atoms with van der Waals surface area (Å²) in [6.45, 7) is 5.99. The molecule has 0 aliphatic carbocycles. The second-order valence-corrected chi connectivity index (χ2v) is 3.68. The minimum absolute atomic E-state index is 1.08. The third kappa shape index (κ3) is 3.36. The van der Waals surface area contributed by atoms with Crippen molar-refractivity contribution < 1.29 is 0 Å². The fraction of sp³-hybridized carbons (Fsp3) is 0.583. The number of nitrogens with one attached hydrogen (secondary N) is 1. The summed E-state index contributed by atoms with van der Waals surface area (Å²) in [6, 6.07) is 0. The summed E-state index contributed by atoms with van der Waals surface area (Å²) < 4.78 is 0. The molecule has 1 aromatic rings. The quantitative estimate of drug-likeness (QED) is 0.657. The molecule has 0 atom stereocenters. The zero-order valence-corrected chi connectivity index (χ0v) is 9.05. The van der Waals surface area contributed by atoms with Crippen LogP contribution >= 0.6 is 0 Å². The van der Waals surface area contributed by atoms with Crippen LogP contribution in [0.1, 0.15) is 50.3 Å². The molecule has 0 saturated heterocycles. The number of aromatic amines is 1. The maximum absolute atomic E-state index is 4.01. The lowest BCUT2D eigenvalue weighted by Crippen LogP contribution is -1.86. The largest absolute Gasteiger partial charge is 0.278 e. The van der Waals surface area contributed by atoms with Crippen LogP contribution in [0.2, 0.25) is 0 Å². The molecule has 0 spiro atoms. The minimum Gasteiger partial charge on any atom is -0.278 e. The molecule has 0 amide bonds. The normalized spacial score (nSPS) is 10.4. The maximum Gasteiger partial charge on any atom is 0.0603 e. The summed E-state index contributed by atoms with van der Waals surface area (Å²) >= 11 is 0. The van der Waals surface area contributed by atoms with Crippen molar-refractivity contribution in [3.8, 4) is 0 Å². The lowest BCUT2D eigenvalue weighted by Gasteiger charge is -1.99. The highest BCUT2D eigenvalue weighted by atomic mass is 15.1. The molecule has 0 aliphatic heterocycles. The zero-order valence-electron chi connectivity index (χ0n) is 9.05. The van der Waals surface area contributed by atoms with Gasteiger partial charge in [-0.3, -0.25) is 5.10 Å². The molecule has 0 bridgehead atoms. The molecular weight excluding hydrogens is 172 g/mol. The summed E-state index contributed by atoms with van der Waals surface area (Å²) in [5.41, 5.74) is 2.39. The number of H-pyrrole nitrogens is 1. The van der Waals surface area contributed by atoms with Gasteiger partial charge in [-0.1, -0.05) is 39.2 Å². The standard InChI is InChI=1S/C12H20N2/c1-3-5-6-7-8-9-11-10-13-14-12(11)4-2/h4,10H,2-3,5-9H2,1H3,(H,13,14). The van der Waals surface area contributed by atoms with Crippen LogP contribution in [0.5, 0.6) is 0 Å². The molecule has 0 radical (unpaired) electrons. The first-order valence-electron chi connectivity index (χ1n) is 5.53. The van der Waals surface area contributed by atoms with E-state index in [-0.39, 0.29) is 0 Å². The van der Waals surface area contributed by atoms with Crippen molar-refractivity contribution >= 4 is 6.08 Å². The number of aromatic nitrogens is 2. The third-order valence-corrected chi connectivity index (χ3v) is 2.51. The molecule has 0 aliphatic rings. The highest BCUT2D eigenvalue weighted by Gasteiger charge is 2.00. The molecule has 1 aromatic heterocycles. The van der Waals surface area contributed by atoms with Gasteiger partial charge in [0.25, 0.3) is 0 Å². The highest BCUT2D eigenvalue weighted by molar-refractivity contribution is 5.45. The van der Waals surface area contributed by atoms with Gasteiger partial charge in [0.2, 0.25) is 0 Å². The van der Waals surface area contributed by atoms with E-state index in [0.717, 1.165) is 12.1 Å². The molecule has 14 heavy (non-hydrogen) atoms. The lowest BCUT2D eigenvalue weighted by molar-refractivity contribution is 0.632. The summed E-state index contributed by atoms with van der Waals surface area (Å²) in [5, 5.41) is 6.95. The van der Waals surface area contributed by atoms with E-state index in [4.69, 9.17) is 0 Å². The molecular formula is C12H20N2. The van der Waals surface area contributed by atoms with Crippen LogP contribution in [-0.2, 0) is 6.42 Å². The van der Waals surface area contributed by atoms with Gasteiger partial charge in [-0.15, -0.1) is 0 Å². The number of unbranched alkanes of at least 4 members (excludes halogenated alkanes) is 4. The van der Waals surface area contributed by atoms with Gasteiger partial charge in [0.15, 0.2) is 0 Å². The number of rotatable bonds is 7.